The number of nitrogens with one attached hydrogen (secondary N) is 1. The maximum Gasteiger partial charge on any atom is 0.422 e. The molecule has 108 valence electrons. The monoisotopic (exact) mass is 290 g/mol. The Labute approximate surface area is 113 Å². The van der Waals surface area contributed by atoms with Gasteiger partial charge in [-0.25, -0.2) is 9.52 Å². The van der Waals surface area contributed by atoms with Crippen LogP contribution < -0.4 is 4.72 Å². The number of hydrogen-bond donors (Lipinski definition) is 1. The standard InChI is InChI=1S/C10H18N4O4S/c1-9(2)18-10(15)12-19(16,17)14-7-5-13(4-3-11)6-8-14/h9H,4-8H2,1-2H3,(H,12,15). The zero-order valence-electron chi connectivity index (χ0n) is 11.0. The van der Waals surface area contributed by atoms with Gasteiger partial charge in [-0.3, -0.25) is 4.90 Å². The number of nitrogens with zero attached hydrogens (tertiary/aromatic N) is 3. The normalized spacial score (nSPS) is 18.0. The van der Waals surface area contributed by atoms with Gasteiger partial charge >= 0.3 is 16.3 Å². The Morgan fingerprint density at radius 2 is 1.95 bits per heavy atom. The van der Waals surface area contributed by atoms with Gasteiger partial charge in [0.15, 0.2) is 0 Å². The van der Waals surface area contributed by atoms with Crippen molar-refractivity contribution in [1.29, 1.82) is 5.26 Å². The highest BCUT2D eigenvalue weighted by Gasteiger charge is 2.28. The van der Waals surface area contributed by atoms with Crippen LogP contribution in [-0.2, 0) is 14.9 Å². The van der Waals surface area contributed by atoms with Crippen LogP contribution in [0.15, 0.2) is 0 Å². The van der Waals surface area contributed by atoms with Gasteiger partial charge in [-0.15, -0.1) is 0 Å². The highest BCUT2D eigenvalue weighted by atomic mass is 32.2. The van der Waals surface area contributed by atoms with E-state index in [9.17, 15) is 13.2 Å². The lowest BCUT2D eigenvalue weighted by molar-refractivity contribution is 0.120. The minimum Gasteiger partial charge on any atom is -0.446 e. The van der Waals surface area contributed by atoms with Gasteiger partial charge in [0.2, 0.25) is 0 Å². The average Bonchev–Trinajstić information content (AvgIpc) is 2.28. The fraction of sp³-hybridized carbons (Fsp3) is 0.800. The summed E-state index contributed by atoms with van der Waals surface area (Å²) in [4.78, 5) is 13.1. The van der Waals surface area contributed by atoms with Crippen LogP contribution in [0.2, 0.25) is 0 Å². The molecule has 1 aliphatic heterocycles. The lowest BCUT2D eigenvalue weighted by Gasteiger charge is -2.32. The third kappa shape index (κ3) is 5.02. The molecule has 8 nitrogen and oxygen atoms in total. The number of hydrogen-bond acceptors (Lipinski definition) is 6. The lowest BCUT2D eigenvalue weighted by Crippen LogP contribution is -2.53. The Kier molecular flexibility index (Phi) is 5.53. The van der Waals surface area contributed by atoms with E-state index >= 15 is 0 Å². The van der Waals surface area contributed by atoms with E-state index in [1.54, 1.807) is 13.8 Å². The van der Waals surface area contributed by atoms with Crippen molar-refractivity contribution in [3.05, 3.63) is 0 Å². The van der Waals surface area contributed by atoms with Crippen molar-refractivity contribution in [3.63, 3.8) is 0 Å². The lowest BCUT2D eigenvalue weighted by atomic mass is 10.4. The van der Waals surface area contributed by atoms with Crippen molar-refractivity contribution in [3.8, 4) is 6.07 Å². The molecule has 0 spiro atoms. The van der Waals surface area contributed by atoms with Gasteiger partial charge in [0, 0.05) is 26.2 Å². The number of piperazine rings is 1. The Hall–Kier alpha value is -1.37. The number of carbonyl (C=O) groups excluding carboxylic acids is 1. The number of rotatable bonds is 4. The van der Waals surface area contributed by atoms with Crippen molar-refractivity contribution in [2.45, 2.75) is 20.0 Å². The molecule has 0 aliphatic carbocycles. The van der Waals surface area contributed by atoms with E-state index in [4.69, 9.17) is 10.00 Å². The summed E-state index contributed by atoms with van der Waals surface area (Å²) in [5, 5.41) is 8.55. The molecule has 1 fully saturated rings. The van der Waals surface area contributed by atoms with Crippen LogP contribution >= 0.6 is 0 Å². The van der Waals surface area contributed by atoms with Gasteiger partial charge in [0.1, 0.15) is 0 Å². The molecule has 1 aliphatic rings. The smallest absolute Gasteiger partial charge is 0.422 e. The Morgan fingerprint density at radius 3 is 2.42 bits per heavy atom. The van der Waals surface area contributed by atoms with E-state index in [-0.39, 0.29) is 25.7 Å². The largest absolute Gasteiger partial charge is 0.446 e. The Balaban J connectivity index is 2.51. The summed E-state index contributed by atoms with van der Waals surface area (Å²) in [5.74, 6) is 0. The first-order chi connectivity index (χ1) is 8.85. The predicted molar refractivity (Wildman–Crippen MR) is 67.3 cm³/mol. The summed E-state index contributed by atoms with van der Waals surface area (Å²) in [7, 11) is -3.87. The summed E-state index contributed by atoms with van der Waals surface area (Å²) in [6.45, 7) is 4.95. The summed E-state index contributed by atoms with van der Waals surface area (Å²) < 4.78 is 31.5. The van der Waals surface area contributed by atoms with Gasteiger partial charge in [-0.1, -0.05) is 0 Å². The molecule has 1 N–H and O–H groups in total. The minimum atomic E-state index is -3.87. The van der Waals surface area contributed by atoms with Gasteiger partial charge in [-0.05, 0) is 13.8 Å². The first-order valence-electron chi connectivity index (χ1n) is 5.93. The second-order valence-electron chi connectivity index (χ2n) is 4.39. The predicted octanol–water partition coefficient (Wildman–Crippen LogP) is -0.493. The maximum atomic E-state index is 11.9. The zero-order chi connectivity index (χ0) is 14.5. The fourth-order valence-electron chi connectivity index (χ4n) is 1.64. The van der Waals surface area contributed by atoms with Crippen LogP contribution in [0.1, 0.15) is 13.8 Å². The third-order valence-corrected chi connectivity index (χ3v) is 3.99. The SMILES string of the molecule is CC(C)OC(=O)NS(=O)(=O)N1CCN(CC#N)CC1. The third-order valence-electron chi connectivity index (χ3n) is 2.52. The quantitative estimate of drug-likeness (QED) is 0.701. The van der Waals surface area contributed by atoms with Gasteiger partial charge < -0.3 is 4.74 Å². The molecule has 9 heteroatoms. The molecule has 19 heavy (non-hydrogen) atoms. The van der Waals surface area contributed by atoms with E-state index in [2.05, 4.69) is 0 Å². The van der Waals surface area contributed by atoms with Crippen LogP contribution in [0, 0.1) is 11.3 Å². The van der Waals surface area contributed by atoms with E-state index in [1.165, 1.54) is 4.31 Å². The Morgan fingerprint density at radius 1 is 1.37 bits per heavy atom. The second kappa shape index (κ2) is 6.70. The number of amides is 1. The van der Waals surface area contributed by atoms with Gasteiger partial charge in [-0.2, -0.15) is 18.0 Å². The molecule has 0 atom stereocenters. The summed E-state index contributed by atoms with van der Waals surface area (Å²) in [5.41, 5.74) is 0. The summed E-state index contributed by atoms with van der Waals surface area (Å²) in [6, 6.07) is 2.01. The number of ether oxygens (including phenoxy) is 1. The van der Waals surface area contributed by atoms with Crippen LogP contribution in [0.3, 0.4) is 0 Å². The maximum absolute atomic E-state index is 11.9. The number of carbonyl (C=O) groups is 1. The Bertz CT molecular complexity index is 449. The van der Waals surface area contributed by atoms with Crippen molar-refractivity contribution in [1.82, 2.24) is 13.9 Å². The van der Waals surface area contributed by atoms with E-state index in [1.807, 2.05) is 15.7 Å². The molecule has 0 aromatic carbocycles. The zero-order valence-corrected chi connectivity index (χ0v) is 11.8. The molecule has 0 unspecified atom stereocenters. The first-order valence-corrected chi connectivity index (χ1v) is 7.37. The van der Waals surface area contributed by atoms with Crippen molar-refractivity contribution in [2.24, 2.45) is 0 Å². The molecule has 0 saturated carbocycles. The molecule has 0 bridgehead atoms. The molecule has 0 radical (unpaired) electrons. The molecule has 0 aromatic heterocycles. The molecule has 1 rings (SSSR count). The molecular formula is C10H18N4O4S. The van der Waals surface area contributed by atoms with Crippen LogP contribution in [0.25, 0.3) is 0 Å². The fourth-order valence-corrected chi connectivity index (χ4v) is 2.67. The van der Waals surface area contributed by atoms with E-state index in [0.717, 1.165) is 0 Å². The topological polar surface area (TPSA) is 103 Å². The highest BCUT2D eigenvalue weighted by molar-refractivity contribution is 7.87. The van der Waals surface area contributed by atoms with Gasteiger partial charge in [0.05, 0.1) is 18.7 Å². The van der Waals surface area contributed by atoms with Crippen molar-refractivity contribution in [2.75, 3.05) is 32.7 Å². The molecular weight excluding hydrogens is 272 g/mol. The molecule has 1 saturated heterocycles. The summed E-state index contributed by atoms with van der Waals surface area (Å²) in [6.07, 6.45) is -1.36. The molecule has 1 amide bonds. The van der Waals surface area contributed by atoms with Crippen LogP contribution in [0.5, 0.6) is 0 Å². The van der Waals surface area contributed by atoms with E-state index in [0.29, 0.717) is 13.1 Å². The first kappa shape index (κ1) is 15.7. The van der Waals surface area contributed by atoms with Crippen LogP contribution in [-0.4, -0.2) is 62.5 Å². The van der Waals surface area contributed by atoms with Crippen LogP contribution in [0.4, 0.5) is 4.79 Å². The van der Waals surface area contributed by atoms with Gasteiger partial charge in [0.25, 0.3) is 0 Å². The highest BCUT2D eigenvalue weighted by Crippen LogP contribution is 2.06. The molecule has 0 aromatic rings. The van der Waals surface area contributed by atoms with E-state index < -0.39 is 16.3 Å². The summed E-state index contributed by atoms with van der Waals surface area (Å²) >= 11 is 0. The average molecular weight is 290 g/mol. The number of nitriles is 1. The van der Waals surface area contributed by atoms with Crippen molar-refractivity contribution >= 4 is 16.3 Å². The molecule has 1 heterocycles. The minimum absolute atomic E-state index is 0.242. The second-order valence-corrected chi connectivity index (χ2v) is 6.07. The van der Waals surface area contributed by atoms with Crippen molar-refractivity contribution < 1.29 is 17.9 Å².